The highest BCUT2D eigenvalue weighted by Crippen LogP contribution is 2.27. The Bertz CT molecular complexity index is 543. The predicted octanol–water partition coefficient (Wildman–Crippen LogP) is 1.89. The molecule has 21 heavy (non-hydrogen) atoms. The molecule has 2 aliphatic heterocycles. The van der Waals surface area contributed by atoms with Gasteiger partial charge in [0.2, 0.25) is 0 Å². The molecule has 6 heteroatoms. The zero-order chi connectivity index (χ0) is 14.8. The first-order chi connectivity index (χ1) is 10.2. The minimum absolute atomic E-state index is 0.0763. The molecule has 0 spiro atoms. The van der Waals surface area contributed by atoms with Gasteiger partial charge in [-0.25, -0.2) is 4.79 Å². The lowest BCUT2D eigenvalue weighted by atomic mass is 9.99. The number of amides is 1. The normalized spacial score (nSPS) is 25.4. The Morgan fingerprint density at radius 1 is 1.24 bits per heavy atom. The molecule has 3 rings (SSSR count). The molecule has 1 aromatic rings. The number of nitrogens with zero attached hydrogens (tertiary/aromatic N) is 1. The number of thiophene rings is 1. The molecule has 0 aliphatic carbocycles. The molecule has 114 valence electrons. The number of esters is 1. The largest absolute Gasteiger partial charge is 0.465 e. The van der Waals surface area contributed by atoms with E-state index in [-0.39, 0.29) is 11.9 Å². The van der Waals surface area contributed by atoms with Gasteiger partial charge in [0.15, 0.2) is 0 Å². The van der Waals surface area contributed by atoms with Crippen LogP contribution in [0.1, 0.15) is 45.0 Å². The van der Waals surface area contributed by atoms with E-state index in [0.717, 1.165) is 19.5 Å². The summed E-state index contributed by atoms with van der Waals surface area (Å²) in [4.78, 5) is 27.3. The predicted molar refractivity (Wildman–Crippen MR) is 80.7 cm³/mol. The second-order valence-corrected chi connectivity index (χ2v) is 6.71. The topological polar surface area (TPSA) is 58.6 Å². The third-order valence-corrected chi connectivity index (χ3v) is 5.45. The number of piperidine rings is 1. The first-order valence-electron chi connectivity index (χ1n) is 7.42. The highest BCUT2D eigenvalue weighted by atomic mass is 32.1. The fourth-order valence-corrected chi connectivity index (χ4v) is 4.15. The molecule has 2 atom stereocenters. The molecule has 0 saturated carbocycles. The smallest absolute Gasteiger partial charge is 0.348 e. The average molecular weight is 308 g/mol. The second-order valence-electron chi connectivity index (χ2n) is 5.62. The van der Waals surface area contributed by atoms with Gasteiger partial charge in [0, 0.05) is 18.6 Å². The summed E-state index contributed by atoms with van der Waals surface area (Å²) in [7, 11) is 1.35. The van der Waals surface area contributed by atoms with Crippen molar-refractivity contribution in [3.8, 4) is 0 Å². The standard InChI is InChI=1S/C15H20N2O3S/c1-20-15(19)13-6-5-12(21-13)14(18)16-10-7-9-17-8-3-2-4-11(10)17/h5-6,10-11H,2-4,7-9H2,1H3,(H,16,18). The fraction of sp³-hybridized carbons (Fsp3) is 0.600. The number of methoxy groups -OCH3 is 1. The van der Waals surface area contributed by atoms with Crippen molar-refractivity contribution in [3.63, 3.8) is 0 Å². The SMILES string of the molecule is COC(=O)c1ccc(C(=O)NC2CCN3CCCCC23)s1. The number of hydrogen-bond donors (Lipinski definition) is 1. The number of carbonyl (C=O) groups excluding carboxylic acids is 2. The van der Waals surface area contributed by atoms with Gasteiger partial charge in [-0.2, -0.15) is 0 Å². The number of ether oxygens (including phenoxy) is 1. The Morgan fingerprint density at radius 2 is 2.05 bits per heavy atom. The summed E-state index contributed by atoms with van der Waals surface area (Å²) in [6, 6.07) is 4.07. The van der Waals surface area contributed by atoms with Gasteiger partial charge in [-0.15, -0.1) is 11.3 Å². The molecular formula is C15H20N2O3S. The molecule has 0 aromatic carbocycles. The number of fused-ring (bicyclic) bond motifs is 1. The van der Waals surface area contributed by atoms with E-state index in [4.69, 9.17) is 0 Å². The van der Waals surface area contributed by atoms with E-state index in [9.17, 15) is 9.59 Å². The molecule has 0 radical (unpaired) electrons. The van der Waals surface area contributed by atoms with Crippen LogP contribution in [0.4, 0.5) is 0 Å². The fourth-order valence-electron chi connectivity index (χ4n) is 3.33. The molecule has 1 N–H and O–H groups in total. The van der Waals surface area contributed by atoms with Crippen LogP contribution in [0.3, 0.4) is 0 Å². The van der Waals surface area contributed by atoms with Gasteiger partial charge in [-0.3, -0.25) is 9.69 Å². The molecule has 5 nitrogen and oxygen atoms in total. The summed E-state index contributed by atoms with van der Waals surface area (Å²) in [5, 5.41) is 3.14. The first-order valence-corrected chi connectivity index (χ1v) is 8.24. The zero-order valence-corrected chi connectivity index (χ0v) is 12.9. The van der Waals surface area contributed by atoms with Crippen molar-refractivity contribution >= 4 is 23.2 Å². The number of carbonyl (C=O) groups is 2. The van der Waals surface area contributed by atoms with Gasteiger partial charge in [0.05, 0.1) is 12.0 Å². The Kier molecular flexibility index (Phi) is 4.26. The molecule has 1 aromatic heterocycles. The summed E-state index contributed by atoms with van der Waals surface area (Å²) < 4.78 is 4.67. The molecule has 2 fully saturated rings. The lowest BCUT2D eigenvalue weighted by Gasteiger charge is -2.32. The molecule has 0 bridgehead atoms. The van der Waals surface area contributed by atoms with Gasteiger partial charge < -0.3 is 10.1 Å². The Morgan fingerprint density at radius 3 is 2.86 bits per heavy atom. The maximum atomic E-state index is 12.3. The maximum absolute atomic E-state index is 12.3. The van der Waals surface area contributed by atoms with Gasteiger partial charge >= 0.3 is 5.97 Å². The summed E-state index contributed by atoms with van der Waals surface area (Å²) in [6.07, 6.45) is 4.71. The lowest BCUT2D eigenvalue weighted by molar-refractivity contribution is 0.0606. The van der Waals surface area contributed by atoms with Crippen LogP contribution in [-0.4, -0.2) is 49.1 Å². The van der Waals surface area contributed by atoms with Crippen LogP contribution in [-0.2, 0) is 4.74 Å². The van der Waals surface area contributed by atoms with E-state index in [1.807, 2.05) is 0 Å². The number of rotatable bonds is 3. The van der Waals surface area contributed by atoms with E-state index in [2.05, 4.69) is 15.0 Å². The highest BCUT2D eigenvalue weighted by molar-refractivity contribution is 7.15. The molecular weight excluding hydrogens is 288 g/mol. The summed E-state index contributed by atoms with van der Waals surface area (Å²) >= 11 is 1.19. The lowest BCUT2D eigenvalue weighted by Crippen LogP contribution is -2.46. The van der Waals surface area contributed by atoms with Crippen molar-refractivity contribution in [2.45, 2.75) is 37.8 Å². The van der Waals surface area contributed by atoms with Crippen LogP contribution in [0.2, 0.25) is 0 Å². The summed E-state index contributed by atoms with van der Waals surface area (Å²) in [5.41, 5.74) is 0. The number of hydrogen-bond acceptors (Lipinski definition) is 5. The van der Waals surface area contributed by atoms with Crippen molar-refractivity contribution in [3.05, 3.63) is 21.9 Å². The van der Waals surface area contributed by atoms with Crippen molar-refractivity contribution in [2.75, 3.05) is 20.2 Å². The maximum Gasteiger partial charge on any atom is 0.348 e. The van der Waals surface area contributed by atoms with E-state index >= 15 is 0 Å². The summed E-state index contributed by atoms with van der Waals surface area (Å²) in [6.45, 7) is 2.23. The average Bonchev–Trinajstić information content (AvgIpc) is 3.14. The van der Waals surface area contributed by atoms with Crippen LogP contribution in [0.5, 0.6) is 0 Å². The molecule has 1 amide bonds. The first kappa shape index (κ1) is 14.5. The minimum atomic E-state index is -0.390. The highest BCUT2D eigenvalue weighted by Gasteiger charge is 2.36. The van der Waals surface area contributed by atoms with E-state index in [1.165, 1.54) is 37.7 Å². The van der Waals surface area contributed by atoms with Crippen LogP contribution < -0.4 is 5.32 Å². The third-order valence-electron chi connectivity index (χ3n) is 4.39. The molecule has 2 saturated heterocycles. The van der Waals surface area contributed by atoms with Crippen LogP contribution in [0, 0.1) is 0 Å². The zero-order valence-electron chi connectivity index (χ0n) is 12.1. The van der Waals surface area contributed by atoms with Gasteiger partial charge in [-0.05, 0) is 37.9 Å². The van der Waals surface area contributed by atoms with Crippen molar-refractivity contribution in [1.82, 2.24) is 10.2 Å². The quantitative estimate of drug-likeness (QED) is 0.866. The van der Waals surface area contributed by atoms with Gasteiger partial charge in [-0.1, -0.05) is 6.42 Å². The Labute approximate surface area is 128 Å². The van der Waals surface area contributed by atoms with E-state index in [0.29, 0.717) is 15.8 Å². The van der Waals surface area contributed by atoms with Gasteiger partial charge in [0.25, 0.3) is 5.91 Å². The van der Waals surface area contributed by atoms with Crippen molar-refractivity contribution in [2.24, 2.45) is 0 Å². The minimum Gasteiger partial charge on any atom is -0.465 e. The molecule has 2 unspecified atom stereocenters. The third kappa shape index (κ3) is 2.96. The summed E-state index contributed by atoms with van der Waals surface area (Å²) in [5.74, 6) is -0.467. The Hall–Kier alpha value is -1.40. The van der Waals surface area contributed by atoms with Crippen molar-refractivity contribution < 1.29 is 14.3 Å². The monoisotopic (exact) mass is 308 g/mol. The van der Waals surface area contributed by atoms with Gasteiger partial charge in [0.1, 0.15) is 4.88 Å². The van der Waals surface area contributed by atoms with E-state index in [1.54, 1.807) is 12.1 Å². The van der Waals surface area contributed by atoms with Crippen LogP contribution >= 0.6 is 11.3 Å². The Balaban J connectivity index is 1.63. The molecule has 2 aliphatic rings. The second kappa shape index (κ2) is 6.15. The number of nitrogens with one attached hydrogen (secondary N) is 1. The van der Waals surface area contributed by atoms with Crippen molar-refractivity contribution in [1.29, 1.82) is 0 Å². The molecule has 3 heterocycles. The van der Waals surface area contributed by atoms with E-state index < -0.39 is 5.97 Å². The van der Waals surface area contributed by atoms with Crippen LogP contribution in [0.15, 0.2) is 12.1 Å². The van der Waals surface area contributed by atoms with Crippen LogP contribution in [0.25, 0.3) is 0 Å².